The van der Waals surface area contributed by atoms with Crippen LogP contribution in [0.25, 0.3) is 0 Å². The van der Waals surface area contributed by atoms with Gasteiger partial charge in [0.2, 0.25) is 0 Å². The summed E-state index contributed by atoms with van der Waals surface area (Å²) in [5.41, 5.74) is 2.35. The normalized spacial score (nSPS) is 19.0. The second-order valence-corrected chi connectivity index (χ2v) is 8.75. The molecule has 184 valence electrons. The summed E-state index contributed by atoms with van der Waals surface area (Å²) in [6.07, 6.45) is -2.61. The molecular weight excluding hydrogens is 469 g/mol. The van der Waals surface area contributed by atoms with Crippen LogP contribution in [0.4, 0.5) is 24.7 Å². The van der Waals surface area contributed by atoms with E-state index in [-0.39, 0.29) is 24.2 Å². The molecule has 35 heavy (non-hydrogen) atoms. The van der Waals surface area contributed by atoms with Crippen LogP contribution in [0.5, 0.6) is 17.5 Å². The van der Waals surface area contributed by atoms with Gasteiger partial charge in [0.15, 0.2) is 5.60 Å². The van der Waals surface area contributed by atoms with Crippen LogP contribution in [-0.2, 0) is 19.5 Å². The molecule has 2 aromatic carbocycles. The lowest BCUT2D eigenvalue weighted by molar-refractivity contribution is -0.389. The lowest BCUT2D eigenvalue weighted by Gasteiger charge is -2.31. The first-order valence-corrected chi connectivity index (χ1v) is 10.8. The number of anilines is 1. The Labute approximate surface area is 197 Å². The number of nitro groups is 1. The monoisotopic (exact) mass is 490 g/mol. The van der Waals surface area contributed by atoms with Crippen molar-refractivity contribution < 1.29 is 32.3 Å². The molecule has 0 fully saturated rings. The second kappa shape index (κ2) is 8.36. The van der Waals surface area contributed by atoms with Gasteiger partial charge in [0.1, 0.15) is 24.3 Å². The van der Waals surface area contributed by atoms with Crippen LogP contribution in [0, 0.1) is 10.1 Å². The number of halogens is 3. The van der Waals surface area contributed by atoms with E-state index in [0.29, 0.717) is 25.4 Å². The molecule has 0 N–H and O–H groups in total. The van der Waals surface area contributed by atoms with Crippen LogP contribution >= 0.6 is 0 Å². The SMILES string of the molecule is CC1(COc2ccc3c(c2)CCN(c2ccc(OC(F)(F)F)cc2)C3)Cn2cc([N+](=O)[O-])nc2O1. The molecule has 1 atom stereocenters. The van der Waals surface area contributed by atoms with Crippen molar-refractivity contribution in [3.8, 4) is 17.5 Å². The van der Waals surface area contributed by atoms with Crippen LogP contribution in [0.2, 0.25) is 0 Å². The third-order valence-electron chi connectivity index (χ3n) is 5.93. The number of aromatic nitrogens is 2. The minimum absolute atomic E-state index is 0.200. The van der Waals surface area contributed by atoms with Crippen molar-refractivity contribution in [2.75, 3.05) is 18.1 Å². The maximum Gasteiger partial charge on any atom is 0.573 e. The number of ether oxygens (including phenoxy) is 3. The van der Waals surface area contributed by atoms with Gasteiger partial charge in [-0.2, -0.15) is 0 Å². The van der Waals surface area contributed by atoms with E-state index >= 15 is 0 Å². The number of rotatable bonds is 6. The van der Waals surface area contributed by atoms with Crippen LogP contribution in [-0.4, -0.2) is 39.6 Å². The van der Waals surface area contributed by atoms with E-state index in [1.807, 2.05) is 25.1 Å². The van der Waals surface area contributed by atoms with E-state index < -0.39 is 16.9 Å². The second-order valence-electron chi connectivity index (χ2n) is 8.75. The Hall–Kier alpha value is -3.96. The fraction of sp³-hybridized carbons (Fsp3) is 0.348. The molecular formula is C23H21F3N4O5. The van der Waals surface area contributed by atoms with E-state index in [0.717, 1.165) is 23.2 Å². The van der Waals surface area contributed by atoms with E-state index in [1.165, 1.54) is 18.3 Å². The standard InChI is InChI=1S/C23H21F3N4O5/c1-22(13-29-12-20(30(31)32)27-21(29)35-22)14-33-19-5-2-16-11-28(9-8-15(16)10-19)17-3-6-18(7-4-17)34-23(24,25)26/h2-7,10,12H,8-9,11,13-14H2,1H3. The number of fused-ring (bicyclic) bond motifs is 2. The van der Waals surface area contributed by atoms with Crippen molar-refractivity contribution >= 4 is 11.5 Å². The lowest BCUT2D eigenvalue weighted by Crippen LogP contribution is -2.38. The summed E-state index contributed by atoms with van der Waals surface area (Å²) >= 11 is 0. The Morgan fingerprint density at radius 2 is 1.91 bits per heavy atom. The van der Waals surface area contributed by atoms with Crippen LogP contribution < -0.4 is 19.1 Å². The lowest BCUT2D eigenvalue weighted by atomic mass is 9.99. The van der Waals surface area contributed by atoms with Crippen LogP contribution in [0.1, 0.15) is 18.1 Å². The summed E-state index contributed by atoms with van der Waals surface area (Å²) in [7, 11) is 0. The molecule has 1 aromatic heterocycles. The molecule has 0 bridgehead atoms. The number of imidazole rings is 1. The molecule has 1 unspecified atom stereocenters. The summed E-state index contributed by atoms with van der Waals surface area (Å²) in [4.78, 5) is 16.3. The zero-order valence-electron chi connectivity index (χ0n) is 18.6. The fourth-order valence-electron chi connectivity index (χ4n) is 4.29. The van der Waals surface area contributed by atoms with Gasteiger partial charge in [-0.25, -0.2) is 0 Å². The number of benzene rings is 2. The van der Waals surface area contributed by atoms with Gasteiger partial charge in [0, 0.05) is 23.8 Å². The summed E-state index contributed by atoms with van der Waals surface area (Å²) in [5.74, 6) is 0.186. The summed E-state index contributed by atoms with van der Waals surface area (Å²) in [6, 6.07) is 11.9. The number of alkyl halides is 3. The molecule has 3 heterocycles. The molecule has 12 heteroatoms. The van der Waals surface area contributed by atoms with E-state index in [1.54, 1.807) is 16.7 Å². The van der Waals surface area contributed by atoms with Crippen molar-refractivity contribution in [1.29, 1.82) is 0 Å². The van der Waals surface area contributed by atoms with Gasteiger partial charge < -0.3 is 29.2 Å². The van der Waals surface area contributed by atoms with Crippen molar-refractivity contribution in [3.05, 3.63) is 69.9 Å². The average molecular weight is 490 g/mol. The minimum atomic E-state index is -4.71. The van der Waals surface area contributed by atoms with Gasteiger partial charge in [-0.15, -0.1) is 13.2 Å². The van der Waals surface area contributed by atoms with E-state index in [4.69, 9.17) is 9.47 Å². The first-order chi connectivity index (χ1) is 16.6. The average Bonchev–Trinajstić information content (AvgIpc) is 3.32. The van der Waals surface area contributed by atoms with Crippen molar-refractivity contribution in [3.63, 3.8) is 0 Å². The molecule has 0 saturated heterocycles. The molecule has 2 aliphatic heterocycles. The first-order valence-electron chi connectivity index (χ1n) is 10.8. The highest BCUT2D eigenvalue weighted by molar-refractivity contribution is 5.52. The summed E-state index contributed by atoms with van der Waals surface area (Å²) in [6.45, 7) is 3.80. The summed E-state index contributed by atoms with van der Waals surface area (Å²) < 4.78 is 54.4. The first kappa shape index (κ1) is 22.8. The van der Waals surface area contributed by atoms with E-state index in [9.17, 15) is 23.3 Å². The fourth-order valence-corrected chi connectivity index (χ4v) is 4.29. The molecule has 9 nitrogen and oxygen atoms in total. The maximum absolute atomic E-state index is 12.4. The summed E-state index contributed by atoms with van der Waals surface area (Å²) in [5, 5.41) is 10.9. The molecule has 0 saturated carbocycles. The molecule has 0 aliphatic carbocycles. The van der Waals surface area contributed by atoms with Crippen LogP contribution in [0.15, 0.2) is 48.7 Å². The molecule has 5 rings (SSSR count). The Morgan fingerprint density at radius 1 is 1.17 bits per heavy atom. The number of hydrogen-bond acceptors (Lipinski definition) is 7. The minimum Gasteiger partial charge on any atom is -0.489 e. The highest BCUT2D eigenvalue weighted by Crippen LogP contribution is 2.33. The third kappa shape index (κ3) is 4.96. The highest BCUT2D eigenvalue weighted by atomic mass is 19.4. The van der Waals surface area contributed by atoms with Crippen molar-refractivity contribution in [2.24, 2.45) is 0 Å². The smallest absolute Gasteiger partial charge is 0.489 e. The van der Waals surface area contributed by atoms with Gasteiger partial charge in [0.25, 0.3) is 0 Å². The zero-order valence-corrected chi connectivity index (χ0v) is 18.6. The van der Waals surface area contributed by atoms with E-state index in [2.05, 4.69) is 14.6 Å². The van der Waals surface area contributed by atoms with Gasteiger partial charge in [-0.3, -0.25) is 4.57 Å². The Balaban J connectivity index is 1.19. The zero-order chi connectivity index (χ0) is 24.8. The van der Waals surface area contributed by atoms with Gasteiger partial charge >= 0.3 is 18.2 Å². The molecule has 0 radical (unpaired) electrons. The number of nitrogens with zero attached hydrogens (tertiary/aromatic N) is 4. The van der Waals surface area contributed by atoms with Crippen molar-refractivity contribution in [1.82, 2.24) is 9.55 Å². The van der Waals surface area contributed by atoms with Gasteiger partial charge in [-0.1, -0.05) is 6.07 Å². The Morgan fingerprint density at radius 3 is 2.60 bits per heavy atom. The van der Waals surface area contributed by atoms with Crippen LogP contribution in [0.3, 0.4) is 0 Å². The molecule has 0 spiro atoms. The topological polar surface area (TPSA) is 91.9 Å². The maximum atomic E-state index is 12.4. The Kier molecular flexibility index (Phi) is 5.45. The van der Waals surface area contributed by atoms with Crippen molar-refractivity contribution in [2.45, 2.75) is 38.4 Å². The van der Waals surface area contributed by atoms with Gasteiger partial charge in [0.05, 0.1) is 6.54 Å². The third-order valence-corrected chi connectivity index (χ3v) is 5.93. The predicted octanol–water partition coefficient (Wildman–Crippen LogP) is 4.48. The Bertz CT molecular complexity index is 1240. The largest absolute Gasteiger partial charge is 0.573 e. The number of hydrogen-bond donors (Lipinski definition) is 0. The molecule has 0 amide bonds. The molecule has 3 aromatic rings. The highest BCUT2D eigenvalue weighted by Gasteiger charge is 2.41. The quantitative estimate of drug-likeness (QED) is 0.372. The molecule has 2 aliphatic rings. The van der Waals surface area contributed by atoms with Gasteiger partial charge in [-0.05, 0) is 65.8 Å². The predicted molar refractivity (Wildman–Crippen MR) is 118 cm³/mol.